The number of aliphatic imine (C=N–C) groups is 1. The number of carbonyl (C=O) groups excluding carboxylic acids is 1. The fourth-order valence-electron chi connectivity index (χ4n) is 4.53. The number of nitrogens with zero attached hydrogens (tertiary/aromatic N) is 4. The minimum atomic E-state index is -4.15. The number of phosphoric acid groups is 1. The number of esters is 1. The van der Waals surface area contributed by atoms with E-state index in [1.165, 1.54) is 24.1 Å². The smallest absolute Gasteiger partial charge is 0.462 e. The van der Waals surface area contributed by atoms with Gasteiger partial charge in [0.1, 0.15) is 30.2 Å². The molecule has 5 atom stereocenters. The molecule has 4 heterocycles. The molecule has 2 aliphatic heterocycles. The van der Waals surface area contributed by atoms with Gasteiger partial charge >= 0.3 is 13.8 Å². The summed E-state index contributed by atoms with van der Waals surface area (Å²) >= 11 is 0. The first-order valence-corrected chi connectivity index (χ1v) is 13.0. The number of ether oxygens (including phenoxy) is 2. The maximum absolute atomic E-state index is 13.4. The molecular weight excluding hydrogens is 505 g/mol. The van der Waals surface area contributed by atoms with Crippen LogP contribution in [0.25, 0.3) is 5.52 Å². The number of phosphoric ester groups is 1. The van der Waals surface area contributed by atoms with Crippen molar-refractivity contribution >= 4 is 31.3 Å². The second kappa shape index (κ2) is 9.93. The molecule has 13 nitrogen and oxygen atoms in total. The van der Waals surface area contributed by atoms with Gasteiger partial charge in [0.2, 0.25) is 0 Å². The van der Waals surface area contributed by atoms with Gasteiger partial charge in [-0.15, -0.1) is 0 Å². The summed E-state index contributed by atoms with van der Waals surface area (Å²) in [5.74, 6) is -0.284. The number of hydrogen-bond donors (Lipinski definition) is 2. The number of aliphatic hydroxyl groups excluding tert-OH is 1. The van der Waals surface area contributed by atoms with Crippen LogP contribution < -0.4 is 5.73 Å². The zero-order valence-electron chi connectivity index (χ0n) is 20.1. The quantitative estimate of drug-likeness (QED) is 0.259. The lowest BCUT2D eigenvalue weighted by molar-refractivity contribution is -0.0727. The Bertz CT molecular complexity index is 1400. The summed E-state index contributed by atoms with van der Waals surface area (Å²) in [6, 6.07) is 10.00. The SMILES string of the molecule is CCOC(=O)c1ccccc1COP1(=O)OC[C@H]2O[C@@](/C=N\C)(c3ccc4c(N)ncnn34)[C@H](O)[C@@H]2O1. The molecular formula is C23H26N5O8P. The van der Waals surface area contributed by atoms with Crippen molar-refractivity contribution in [3.8, 4) is 0 Å². The van der Waals surface area contributed by atoms with Gasteiger partial charge in [0.05, 0.1) is 31.1 Å². The Morgan fingerprint density at radius 2 is 2.19 bits per heavy atom. The molecule has 0 spiro atoms. The van der Waals surface area contributed by atoms with Crippen LogP contribution in [0.3, 0.4) is 0 Å². The first kappa shape index (κ1) is 25.5. The van der Waals surface area contributed by atoms with Crippen molar-refractivity contribution in [3.05, 3.63) is 59.5 Å². The van der Waals surface area contributed by atoms with E-state index in [0.29, 0.717) is 16.8 Å². The summed E-state index contributed by atoms with van der Waals surface area (Å²) in [5.41, 5.74) is 6.11. The van der Waals surface area contributed by atoms with Crippen LogP contribution in [0.2, 0.25) is 0 Å². The molecule has 2 fully saturated rings. The molecule has 1 aromatic carbocycles. The van der Waals surface area contributed by atoms with E-state index in [2.05, 4.69) is 15.1 Å². The number of nitrogen functional groups attached to an aromatic ring is 1. The molecule has 0 amide bonds. The van der Waals surface area contributed by atoms with Crippen LogP contribution in [0, 0.1) is 0 Å². The molecule has 3 N–H and O–H groups in total. The van der Waals surface area contributed by atoms with E-state index in [4.69, 9.17) is 28.8 Å². The highest BCUT2D eigenvalue weighted by atomic mass is 31.2. The maximum Gasteiger partial charge on any atom is 0.475 e. The average Bonchev–Trinajstić information content (AvgIpc) is 3.44. The number of anilines is 1. The van der Waals surface area contributed by atoms with Crippen LogP contribution >= 0.6 is 7.82 Å². The normalized spacial score (nSPS) is 29.5. The van der Waals surface area contributed by atoms with Gasteiger partial charge in [-0.1, -0.05) is 18.2 Å². The summed E-state index contributed by atoms with van der Waals surface area (Å²) in [6.45, 7) is 1.48. The fourth-order valence-corrected chi connectivity index (χ4v) is 5.90. The maximum atomic E-state index is 13.4. The van der Waals surface area contributed by atoms with Crippen LogP contribution in [0.15, 0.2) is 47.7 Å². The van der Waals surface area contributed by atoms with Crippen molar-refractivity contribution in [2.75, 3.05) is 26.0 Å². The van der Waals surface area contributed by atoms with Gasteiger partial charge in [-0.25, -0.2) is 18.9 Å². The number of rotatable bonds is 7. The minimum absolute atomic E-state index is 0.182. The van der Waals surface area contributed by atoms with Crippen LogP contribution in [0.5, 0.6) is 0 Å². The number of carbonyl (C=O) groups is 1. The molecule has 2 aromatic heterocycles. The van der Waals surface area contributed by atoms with Gasteiger partial charge < -0.3 is 20.3 Å². The number of benzene rings is 1. The zero-order chi connectivity index (χ0) is 26.2. The zero-order valence-corrected chi connectivity index (χ0v) is 21.0. The minimum Gasteiger partial charge on any atom is -0.462 e. The molecule has 3 aromatic rings. The molecule has 0 bridgehead atoms. The Kier molecular flexibility index (Phi) is 6.84. The van der Waals surface area contributed by atoms with Gasteiger partial charge in [-0.2, -0.15) is 5.10 Å². The van der Waals surface area contributed by atoms with E-state index >= 15 is 0 Å². The molecule has 0 aliphatic carbocycles. The Morgan fingerprint density at radius 3 is 2.97 bits per heavy atom. The third-order valence-electron chi connectivity index (χ3n) is 6.21. The summed E-state index contributed by atoms with van der Waals surface area (Å²) in [5, 5.41) is 15.7. The predicted molar refractivity (Wildman–Crippen MR) is 130 cm³/mol. The summed E-state index contributed by atoms with van der Waals surface area (Å²) < 4.78 is 42.9. The lowest BCUT2D eigenvalue weighted by Gasteiger charge is -2.31. The van der Waals surface area contributed by atoms with Crippen LogP contribution in [0.4, 0.5) is 5.82 Å². The second-order valence-corrected chi connectivity index (χ2v) is 10.0. The highest BCUT2D eigenvalue weighted by Gasteiger charge is 2.61. The first-order chi connectivity index (χ1) is 17.8. The molecule has 37 heavy (non-hydrogen) atoms. The Morgan fingerprint density at radius 1 is 1.38 bits per heavy atom. The molecule has 2 aliphatic rings. The van der Waals surface area contributed by atoms with Crippen LogP contribution in [-0.2, 0) is 39.8 Å². The Balaban J connectivity index is 1.39. The van der Waals surface area contributed by atoms with Crippen molar-refractivity contribution in [2.45, 2.75) is 37.4 Å². The summed E-state index contributed by atoms with van der Waals surface area (Å²) in [7, 11) is -2.62. The topological polar surface area (TPSA) is 169 Å². The number of fused-ring (bicyclic) bond motifs is 2. The van der Waals surface area contributed by atoms with E-state index in [-0.39, 0.29) is 31.2 Å². The van der Waals surface area contributed by atoms with Gasteiger partial charge in [-0.3, -0.25) is 18.6 Å². The molecule has 0 saturated carbocycles. The number of aliphatic hydroxyl groups is 1. The van der Waals surface area contributed by atoms with E-state index < -0.39 is 37.7 Å². The van der Waals surface area contributed by atoms with Gasteiger partial charge in [0, 0.05) is 13.3 Å². The highest BCUT2D eigenvalue weighted by molar-refractivity contribution is 7.48. The first-order valence-electron chi connectivity index (χ1n) is 11.5. The molecule has 0 radical (unpaired) electrons. The largest absolute Gasteiger partial charge is 0.475 e. The lowest BCUT2D eigenvalue weighted by atomic mass is 9.92. The number of hydrogen-bond acceptors (Lipinski definition) is 12. The van der Waals surface area contributed by atoms with Crippen molar-refractivity contribution in [3.63, 3.8) is 0 Å². The van der Waals surface area contributed by atoms with Gasteiger partial charge in [-0.05, 0) is 30.7 Å². The van der Waals surface area contributed by atoms with Crippen LogP contribution in [-0.4, -0.2) is 70.5 Å². The Hall–Kier alpha value is -3.19. The summed E-state index contributed by atoms with van der Waals surface area (Å²) in [4.78, 5) is 20.3. The lowest BCUT2D eigenvalue weighted by Crippen LogP contribution is -2.44. The number of aromatic nitrogens is 3. The van der Waals surface area contributed by atoms with E-state index in [1.54, 1.807) is 43.3 Å². The third kappa shape index (κ3) is 4.43. The molecule has 2 saturated heterocycles. The molecule has 5 rings (SSSR count). The fraction of sp³-hybridized carbons (Fsp3) is 0.391. The van der Waals surface area contributed by atoms with Crippen molar-refractivity contribution < 1.29 is 37.5 Å². The molecule has 1 unspecified atom stereocenters. The van der Waals surface area contributed by atoms with Gasteiger partial charge in [0.25, 0.3) is 0 Å². The van der Waals surface area contributed by atoms with E-state index in [1.807, 2.05) is 0 Å². The highest BCUT2D eigenvalue weighted by Crippen LogP contribution is 2.58. The number of nitrogens with two attached hydrogens (primary N) is 1. The second-order valence-electron chi connectivity index (χ2n) is 8.41. The third-order valence-corrected chi connectivity index (χ3v) is 7.62. The van der Waals surface area contributed by atoms with Crippen molar-refractivity contribution in [1.82, 2.24) is 14.6 Å². The molecule has 196 valence electrons. The van der Waals surface area contributed by atoms with Crippen molar-refractivity contribution in [1.29, 1.82) is 0 Å². The standard InChI is InChI=1S/C23H26N5O8P/c1-3-32-22(30)15-7-5-4-6-14(15)10-33-37(31)34-11-17-19(36-37)20(29)23(35-17,12-25-2)18-9-8-16-21(24)26-13-27-28(16)18/h4-9,12-13,17,19-20,29H,3,10-11H2,1-2H3,(H2,24,26,27)/b25-12-/t17-,19-,20-,23+,37?/m1/s1. The monoisotopic (exact) mass is 531 g/mol. The van der Waals surface area contributed by atoms with Crippen molar-refractivity contribution in [2.24, 2.45) is 4.99 Å². The van der Waals surface area contributed by atoms with Gasteiger partial charge in [0.15, 0.2) is 11.4 Å². The average molecular weight is 531 g/mol. The van der Waals surface area contributed by atoms with Crippen LogP contribution in [0.1, 0.15) is 28.5 Å². The molecule has 14 heteroatoms. The van der Waals surface area contributed by atoms with E-state index in [0.717, 1.165) is 0 Å². The summed E-state index contributed by atoms with van der Waals surface area (Å²) in [6.07, 6.45) is -0.519. The Labute approximate surface area is 211 Å². The van der Waals surface area contributed by atoms with E-state index in [9.17, 15) is 14.5 Å². The predicted octanol–water partition coefficient (Wildman–Crippen LogP) is 1.88.